The highest BCUT2D eigenvalue weighted by Crippen LogP contribution is 2.69. The molecule has 248 valence electrons. The number of alkyl halides is 5. The molecule has 1 N–H and O–H groups in total. The molecule has 0 spiro atoms. The van der Waals surface area contributed by atoms with Gasteiger partial charge < -0.3 is 19.2 Å². The van der Waals surface area contributed by atoms with E-state index in [2.05, 4.69) is 49.1 Å². The largest absolute Gasteiger partial charge is 0.475 e. The molecular weight excluding hydrogens is 625 g/mol. The van der Waals surface area contributed by atoms with Gasteiger partial charge >= 0.3 is 6.18 Å². The molecule has 2 atom stereocenters. The molecular formula is C33H38F5N3O4Si. The van der Waals surface area contributed by atoms with E-state index in [0.29, 0.717) is 29.5 Å². The topological polar surface area (TPSA) is 82.6 Å². The first-order chi connectivity index (χ1) is 21.4. The third-order valence-electron chi connectivity index (χ3n) is 9.45. The van der Waals surface area contributed by atoms with Crippen LogP contribution in [-0.2, 0) is 20.8 Å². The van der Waals surface area contributed by atoms with Crippen LogP contribution in [-0.4, -0.2) is 56.5 Å². The summed E-state index contributed by atoms with van der Waals surface area (Å²) in [5.41, 5.74) is -0.440. The lowest BCUT2D eigenvalue weighted by Gasteiger charge is -2.36. The Balaban J connectivity index is 1.45. The van der Waals surface area contributed by atoms with Gasteiger partial charge in [0.2, 0.25) is 5.88 Å². The summed E-state index contributed by atoms with van der Waals surface area (Å²) < 4.78 is 87.7. The number of ether oxygens (including phenoxy) is 2. The SMILES string of the molecule is Cc1ccc(NC(=O)c2ccnc(C(F)(F)F)c2)cc1-c1cc(OCCO[Si](C)(C)C(C)(C)C)nc(C23CCOCC2C3(F)F)c1. The zero-order valence-electron chi connectivity index (χ0n) is 26.6. The summed E-state index contributed by atoms with van der Waals surface area (Å²) >= 11 is 0. The van der Waals surface area contributed by atoms with Crippen LogP contribution in [0.1, 0.15) is 54.5 Å². The van der Waals surface area contributed by atoms with E-state index in [1.165, 1.54) is 6.07 Å². The van der Waals surface area contributed by atoms with Crippen molar-refractivity contribution in [1.29, 1.82) is 0 Å². The van der Waals surface area contributed by atoms with Crippen LogP contribution in [0.3, 0.4) is 0 Å². The van der Waals surface area contributed by atoms with Crippen molar-refractivity contribution in [2.24, 2.45) is 5.92 Å². The Hall–Kier alpha value is -3.42. The van der Waals surface area contributed by atoms with Crippen LogP contribution in [0.25, 0.3) is 11.1 Å². The molecule has 1 aliphatic carbocycles. The number of pyridine rings is 2. The van der Waals surface area contributed by atoms with E-state index in [1.807, 2.05) is 6.92 Å². The Bertz CT molecular complexity index is 1630. The minimum atomic E-state index is -4.70. The van der Waals surface area contributed by atoms with Crippen LogP contribution < -0.4 is 10.1 Å². The van der Waals surface area contributed by atoms with Crippen molar-refractivity contribution in [2.75, 3.05) is 31.7 Å². The van der Waals surface area contributed by atoms with Gasteiger partial charge in [0.25, 0.3) is 11.8 Å². The Labute approximate surface area is 266 Å². The molecule has 0 radical (unpaired) electrons. The minimum absolute atomic E-state index is 0.00307. The van der Waals surface area contributed by atoms with Crippen LogP contribution in [0, 0.1) is 12.8 Å². The van der Waals surface area contributed by atoms with E-state index in [0.717, 1.165) is 11.8 Å². The summed E-state index contributed by atoms with van der Waals surface area (Å²) in [6.45, 7) is 13.1. The highest BCUT2D eigenvalue weighted by atomic mass is 28.4. The average molecular weight is 664 g/mol. The smallest absolute Gasteiger partial charge is 0.433 e. The Morgan fingerprint density at radius 1 is 1.09 bits per heavy atom. The molecule has 46 heavy (non-hydrogen) atoms. The molecule has 0 bridgehead atoms. The predicted molar refractivity (Wildman–Crippen MR) is 166 cm³/mol. The Kier molecular flexibility index (Phi) is 8.84. The van der Waals surface area contributed by atoms with Gasteiger partial charge in [0.05, 0.1) is 30.2 Å². The maximum absolute atomic E-state index is 15.3. The first-order valence-electron chi connectivity index (χ1n) is 15.1. The van der Waals surface area contributed by atoms with Crippen LogP contribution in [0.5, 0.6) is 5.88 Å². The second-order valence-corrected chi connectivity index (χ2v) is 18.2. The zero-order chi connectivity index (χ0) is 33.7. The van der Waals surface area contributed by atoms with Crippen molar-refractivity contribution in [3.63, 3.8) is 0 Å². The van der Waals surface area contributed by atoms with Gasteiger partial charge in [0, 0.05) is 30.1 Å². The maximum atomic E-state index is 15.3. The first-order valence-corrected chi connectivity index (χ1v) is 18.0. The van der Waals surface area contributed by atoms with Gasteiger partial charge in [-0.25, -0.2) is 13.8 Å². The number of hydrogen-bond donors (Lipinski definition) is 1. The molecule has 1 aromatic carbocycles. The van der Waals surface area contributed by atoms with Gasteiger partial charge in [0.15, 0.2) is 8.32 Å². The highest BCUT2D eigenvalue weighted by Gasteiger charge is 2.82. The summed E-state index contributed by atoms with van der Waals surface area (Å²) in [5.74, 6) is -4.59. The van der Waals surface area contributed by atoms with E-state index in [1.54, 1.807) is 30.3 Å². The first kappa shape index (κ1) is 33.9. The molecule has 2 unspecified atom stereocenters. The average Bonchev–Trinajstić information content (AvgIpc) is 3.51. The molecule has 1 aliphatic heterocycles. The lowest BCUT2D eigenvalue weighted by molar-refractivity contribution is -0.141. The fourth-order valence-corrected chi connectivity index (χ4v) is 6.62. The van der Waals surface area contributed by atoms with Gasteiger partial charge in [0.1, 0.15) is 12.3 Å². The Morgan fingerprint density at radius 3 is 2.50 bits per heavy atom. The number of nitrogens with zero attached hydrogens (tertiary/aromatic N) is 2. The molecule has 7 nitrogen and oxygen atoms in total. The van der Waals surface area contributed by atoms with Crippen molar-refractivity contribution in [1.82, 2.24) is 9.97 Å². The number of fused-ring (bicyclic) bond motifs is 1. The van der Waals surface area contributed by atoms with Crippen LogP contribution in [0.4, 0.5) is 27.6 Å². The van der Waals surface area contributed by atoms with E-state index in [4.69, 9.17) is 13.9 Å². The number of amides is 1. The number of carbonyl (C=O) groups excluding carboxylic acids is 1. The second kappa shape index (κ2) is 12.0. The fourth-order valence-electron chi connectivity index (χ4n) is 5.60. The van der Waals surface area contributed by atoms with Crippen molar-refractivity contribution >= 4 is 19.9 Å². The molecule has 2 aliphatic rings. The number of hydrogen-bond acceptors (Lipinski definition) is 6. The minimum Gasteiger partial charge on any atom is -0.475 e. The molecule has 3 heterocycles. The van der Waals surface area contributed by atoms with Gasteiger partial charge in [-0.05, 0) is 78.5 Å². The van der Waals surface area contributed by atoms with E-state index in [9.17, 15) is 18.0 Å². The molecule has 3 aromatic rings. The predicted octanol–water partition coefficient (Wildman–Crippen LogP) is 8.05. The molecule has 1 amide bonds. The monoisotopic (exact) mass is 663 g/mol. The third kappa shape index (κ3) is 6.41. The highest BCUT2D eigenvalue weighted by molar-refractivity contribution is 6.74. The van der Waals surface area contributed by atoms with Gasteiger partial charge in [-0.2, -0.15) is 13.2 Å². The lowest BCUT2D eigenvalue weighted by Crippen LogP contribution is -2.41. The van der Waals surface area contributed by atoms with Gasteiger partial charge in [-0.3, -0.25) is 9.78 Å². The summed E-state index contributed by atoms with van der Waals surface area (Å²) in [6.07, 6.45) is -3.67. The second-order valence-electron chi connectivity index (χ2n) is 13.4. The molecule has 2 aromatic heterocycles. The summed E-state index contributed by atoms with van der Waals surface area (Å²) in [4.78, 5) is 20.8. The number of aromatic nitrogens is 2. The molecule has 13 heteroatoms. The van der Waals surface area contributed by atoms with E-state index in [-0.39, 0.29) is 48.4 Å². The standard InChI is InChI=1S/C33H38F5N3O4Si/c1-20-7-8-23(40-29(42)21-9-11-39-27(15-21)33(36,37)38)18-24(20)22-16-26(31-10-12-43-19-25(31)32(31,34)35)41-28(17-22)44-13-14-45-46(5,6)30(2,3)4/h7-9,11,15-18,25H,10,12-14,19H2,1-6H3,(H,40,42). The fraction of sp³-hybridized carbons (Fsp3) is 0.485. The summed E-state index contributed by atoms with van der Waals surface area (Å²) in [5, 5.41) is 2.64. The van der Waals surface area contributed by atoms with Gasteiger partial charge in [-0.1, -0.05) is 26.8 Å². The van der Waals surface area contributed by atoms with Crippen molar-refractivity contribution in [3.8, 4) is 17.0 Å². The summed E-state index contributed by atoms with van der Waals surface area (Å²) in [6, 6.07) is 10.1. The van der Waals surface area contributed by atoms with Crippen LogP contribution in [0.2, 0.25) is 18.1 Å². The van der Waals surface area contributed by atoms with Crippen LogP contribution in [0.15, 0.2) is 48.7 Å². The molecule has 5 rings (SSSR count). The number of benzene rings is 1. The number of aryl methyl sites for hydroxylation is 1. The molecule has 2 fully saturated rings. The number of rotatable bonds is 9. The normalized spacial score (nSPS) is 21.0. The Morgan fingerprint density at radius 2 is 1.83 bits per heavy atom. The zero-order valence-corrected chi connectivity index (χ0v) is 27.6. The number of carbonyl (C=O) groups is 1. The maximum Gasteiger partial charge on any atom is 0.433 e. The molecule has 1 saturated heterocycles. The summed E-state index contributed by atoms with van der Waals surface area (Å²) in [7, 11) is -2.04. The quantitative estimate of drug-likeness (QED) is 0.142. The number of halogens is 5. The molecule has 1 saturated carbocycles. The lowest BCUT2D eigenvalue weighted by atomic mass is 9.90. The number of anilines is 1. The third-order valence-corrected chi connectivity index (χ3v) is 14.0. The van der Waals surface area contributed by atoms with Crippen molar-refractivity contribution in [2.45, 2.75) is 69.8 Å². The van der Waals surface area contributed by atoms with Gasteiger partial charge in [-0.15, -0.1) is 0 Å². The van der Waals surface area contributed by atoms with Crippen molar-refractivity contribution in [3.05, 3.63) is 71.2 Å². The van der Waals surface area contributed by atoms with E-state index < -0.39 is 43.4 Å². The van der Waals surface area contributed by atoms with E-state index >= 15 is 8.78 Å². The van der Waals surface area contributed by atoms with Crippen LogP contribution >= 0.6 is 0 Å². The van der Waals surface area contributed by atoms with Crippen molar-refractivity contribution < 1.29 is 40.6 Å². The number of nitrogens with one attached hydrogen (secondary N) is 1.